The Morgan fingerprint density at radius 3 is 2.41 bits per heavy atom. The van der Waals surface area contributed by atoms with Crippen LogP contribution in [0, 0.1) is 10.1 Å². The molecule has 0 saturated heterocycles. The van der Waals surface area contributed by atoms with Gasteiger partial charge in [0.25, 0.3) is 11.6 Å². The third-order valence-electron chi connectivity index (χ3n) is 4.75. The molecular formula is C24H20N4O4. The zero-order chi connectivity index (χ0) is 22.5. The Morgan fingerprint density at radius 2 is 1.75 bits per heavy atom. The van der Waals surface area contributed by atoms with E-state index in [1.54, 1.807) is 23.9 Å². The summed E-state index contributed by atoms with van der Waals surface area (Å²) in [6.45, 7) is 2.17. The SMILES string of the molecule is CCOc1ccc(NC(=O)c2cn(-c3ccccc3)nc2-c2ccccc2)c([N+](=O)[O-])c1. The van der Waals surface area contributed by atoms with E-state index in [1.165, 1.54) is 12.1 Å². The lowest BCUT2D eigenvalue weighted by Gasteiger charge is -2.08. The summed E-state index contributed by atoms with van der Waals surface area (Å²) >= 11 is 0. The third-order valence-corrected chi connectivity index (χ3v) is 4.75. The zero-order valence-electron chi connectivity index (χ0n) is 17.3. The fourth-order valence-corrected chi connectivity index (χ4v) is 3.28. The molecular weight excluding hydrogens is 408 g/mol. The van der Waals surface area contributed by atoms with Crippen molar-refractivity contribution < 1.29 is 14.5 Å². The van der Waals surface area contributed by atoms with Gasteiger partial charge in [0.1, 0.15) is 17.1 Å². The molecule has 0 bridgehead atoms. The summed E-state index contributed by atoms with van der Waals surface area (Å²) < 4.78 is 6.96. The van der Waals surface area contributed by atoms with Crippen molar-refractivity contribution in [2.24, 2.45) is 0 Å². The van der Waals surface area contributed by atoms with Gasteiger partial charge in [0.05, 0.1) is 28.8 Å². The van der Waals surface area contributed by atoms with Crippen LogP contribution in [-0.2, 0) is 0 Å². The van der Waals surface area contributed by atoms with Crippen molar-refractivity contribution in [3.8, 4) is 22.7 Å². The Balaban J connectivity index is 1.74. The minimum absolute atomic E-state index is 0.0786. The second-order valence-electron chi connectivity index (χ2n) is 6.86. The number of rotatable bonds is 7. The first-order valence-electron chi connectivity index (χ1n) is 10.00. The summed E-state index contributed by atoms with van der Waals surface area (Å²) in [5.74, 6) is -0.141. The number of para-hydroxylation sites is 1. The predicted molar refractivity (Wildman–Crippen MR) is 121 cm³/mol. The van der Waals surface area contributed by atoms with Gasteiger partial charge in [-0.05, 0) is 31.2 Å². The Bertz CT molecular complexity index is 1250. The maximum Gasteiger partial charge on any atom is 0.296 e. The molecule has 0 saturated carbocycles. The lowest BCUT2D eigenvalue weighted by Crippen LogP contribution is -2.13. The number of ether oxygens (including phenoxy) is 1. The van der Waals surface area contributed by atoms with Gasteiger partial charge in [-0.25, -0.2) is 4.68 Å². The molecule has 0 unspecified atom stereocenters. The molecule has 4 rings (SSSR count). The second-order valence-corrected chi connectivity index (χ2v) is 6.86. The van der Waals surface area contributed by atoms with Gasteiger partial charge >= 0.3 is 0 Å². The number of nitro groups is 1. The fraction of sp³-hybridized carbons (Fsp3) is 0.0833. The van der Waals surface area contributed by atoms with Crippen molar-refractivity contribution in [2.75, 3.05) is 11.9 Å². The van der Waals surface area contributed by atoms with Crippen LogP contribution in [0.15, 0.2) is 85.1 Å². The second kappa shape index (κ2) is 9.13. The Kier molecular flexibility index (Phi) is 5.94. The molecule has 1 heterocycles. The highest BCUT2D eigenvalue weighted by Gasteiger charge is 2.22. The van der Waals surface area contributed by atoms with E-state index < -0.39 is 10.8 Å². The number of benzene rings is 3. The average Bonchev–Trinajstić information content (AvgIpc) is 3.27. The van der Waals surface area contributed by atoms with E-state index in [0.717, 1.165) is 11.3 Å². The monoisotopic (exact) mass is 428 g/mol. The van der Waals surface area contributed by atoms with Crippen LogP contribution in [0.25, 0.3) is 16.9 Å². The van der Waals surface area contributed by atoms with E-state index in [-0.39, 0.29) is 11.4 Å². The third kappa shape index (κ3) is 4.34. The summed E-state index contributed by atoms with van der Waals surface area (Å²) in [6.07, 6.45) is 1.62. The van der Waals surface area contributed by atoms with E-state index >= 15 is 0 Å². The molecule has 0 aliphatic rings. The average molecular weight is 428 g/mol. The first-order chi connectivity index (χ1) is 15.6. The molecule has 3 aromatic carbocycles. The topological polar surface area (TPSA) is 99.3 Å². The summed E-state index contributed by atoms with van der Waals surface area (Å²) in [4.78, 5) is 24.2. The van der Waals surface area contributed by atoms with E-state index in [4.69, 9.17) is 4.74 Å². The highest BCUT2D eigenvalue weighted by atomic mass is 16.6. The minimum atomic E-state index is -0.552. The number of nitrogens with one attached hydrogen (secondary N) is 1. The van der Waals surface area contributed by atoms with Crippen molar-refractivity contribution in [3.63, 3.8) is 0 Å². The molecule has 0 spiro atoms. The van der Waals surface area contributed by atoms with Crippen LogP contribution < -0.4 is 10.1 Å². The van der Waals surface area contributed by atoms with Gasteiger partial charge in [0.2, 0.25) is 0 Å². The number of hydrogen-bond donors (Lipinski definition) is 1. The van der Waals surface area contributed by atoms with Crippen molar-refractivity contribution in [3.05, 3.63) is 101 Å². The summed E-state index contributed by atoms with van der Waals surface area (Å²) in [6, 6.07) is 23.0. The number of hydrogen-bond acceptors (Lipinski definition) is 5. The number of nitrogens with zero attached hydrogens (tertiary/aromatic N) is 3. The maximum atomic E-state index is 13.2. The van der Waals surface area contributed by atoms with E-state index in [2.05, 4.69) is 10.4 Å². The van der Waals surface area contributed by atoms with Crippen LogP contribution in [0.2, 0.25) is 0 Å². The zero-order valence-corrected chi connectivity index (χ0v) is 17.3. The van der Waals surface area contributed by atoms with Crippen molar-refractivity contribution in [1.29, 1.82) is 0 Å². The number of nitro benzene ring substituents is 1. The van der Waals surface area contributed by atoms with Gasteiger partial charge in [-0.3, -0.25) is 14.9 Å². The Morgan fingerprint density at radius 1 is 1.06 bits per heavy atom. The molecule has 1 aromatic heterocycles. The molecule has 160 valence electrons. The molecule has 32 heavy (non-hydrogen) atoms. The highest BCUT2D eigenvalue weighted by Crippen LogP contribution is 2.31. The van der Waals surface area contributed by atoms with Crippen LogP contribution in [0.5, 0.6) is 5.75 Å². The van der Waals surface area contributed by atoms with Crippen molar-refractivity contribution in [1.82, 2.24) is 9.78 Å². The summed E-state index contributed by atoms with van der Waals surface area (Å²) in [5, 5.41) is 18.8. The Labute approximate surface area is 184 Å². The molecule has 0 atom stereocenters. The van der Waals surface area contributed by atoms with E-state index in [9.17, 15) is 14.9 Å². The first-order valence-corrected chi connectivity index (χ1v) is 10.00. The quantitative estimate of drug-likeness (QED) is 0.326. The Hall–Kier alpha value is -4.46. The molecule has 0 aliphatic heterocycles. The van der Waals surface area contributed by atoms with Crippen LogP contribution in [0.3, 0.4) is 0 Å². The van der Waals surface area contributed by atoms with E-state index in [1.807, 2.05) is 60.7 Å². The number of aromatic nitrogens is 2. The first kappa shape index (κ1) is 20.8. The van der Waals surface area contributed by atoms with Crippen molar-refractivity contribution in [2.45, 2.75) is 6.92 Å². The molecule has 4 aromatic rings. The van der Waals surface area contributed by atoms with Gasteiger partial charge in [-0.15, -0.1) is 0 Å². The molecule has 1 N–H and O–H groups in total. The molecule has 8 heteroatoms. The van der Waals surface area contributed by atoms with Crippen molar-refractivity contribution >= 4 is 17.3 Å². The lowest BCUT2D eigenvalue weighted by molar-refractivity contribution is -0.384. The van der Waals surface area contributed by atoms with Gasteiger partial charge in [0, 0.05) is 11.8 Å². The van der Waals surface area contributed by atoms with Gasteiger partial charge in [0.15, 0.2) is 0 Å². The van der Waals surface area contributed by atoms with Gasteiger partial charge in [-0.1, -0.05) is 48.5 Å². The molecule has 0 fully saturated rings. The number of carbonyl (C=O) groups is 1. The number of anilines is 1. The molecule has 8 nitrogen and oxygen atoms in total. The van der Waals surface area contributed by atoms with Crippen LogP contribution in [-0.4, -0.2) is 27.2 Å². The molecule has 0 radical (unpaired) electrons. The number of amides is 1. The lowest BCUT2D eigenvalue weighted by atomic mass is 10.1. The van der Waals surface area contributed by atoms with Crippen LogP contribution in [0.1, 0.15) is 17.3 Å². The fourth-order valence-electron chi connectivity index (χ4n) is 3.28. The predicted octanol–water partition coefficient (Wildman–Crippen LogP) is 5.10. The van der Waals surface area contributed by atoms with Gasteiger partial charge in [-0.2, -0.15) is 5.10 Å². The normalized spacial score (nSPS) is 10.5. The largest absolute Gasteiger partial charge is 0.494 e. The molecule has 1 amide bonds. The molecule has 0 aliphatic carbocycles. The summed E-state index contributed by atoms with van der Waals surface area (Å²) in [5.41, 5.74) is 2.14. The van der Waals surface area contributed by atoms with E-state index in [0.29, 0.717) is 23.6 Å². The minimum Gasteiger partial charge on any atom is -0.494 e. The van der Waals surface area contributed by atoms with Gasteiger partial charge < -0.3 is 10.1 Å². The van der Waals surface area contributed by atoms with Crippen LogP contribution >= 0.6 is 0 Å². The highest BCUT2D eigenvalue weighted by molar-refractivity contribution is 6.09. The maximum absolute atomic E-state index is 13.2. The van der Waals surface area contributed by atoms with Crippen LogP contribution in [0.4, 0.5) is 11.4 Å². The summed E-state index contributed by atoms with van der Waals surface area (Å²) in [7, 11) is 0. The standard InChI is InChI=1S/C24H20N4O4/c1-2-32-19-13-14-21(22(15-19)28(30)31)25-24(29)20-16-27(18-11-7-4-8-12-18)26-23(20)17-9-5-3-6-10-17/h3-16H,2H2,1H3,(H,25,29). The number of carbonyl (C=O) groups excluding carboxylic acids is 1. The smallest absolute Gasteiger partial charge is 0.296 e.